The number of carbonyl (C=O) groups is 1. The van der Waals surface area contributed by atoms with Gasteiger partial charge in [-0.3, -0.25) is 0 Å². The van der Waals surface area contributed by atoms with Gasteiger partial charge in [-0.1, -0.05) is 42.0 Å². The van der Waals surface area contributed by atoms with Crippen molar-refractivity contribution in [2.24, 2.45) is 0 Å². The molecule has 1 atom stereocenters. The van der Waals surface area contributed by atoms with Crippen molar-refractivity contribution in [3.63, 3.8) is 0 Å². The quantitative estimate of drug-likeness (QED) is 0.815. The van der Waals surface area contributed by atoms with E-state index in [1.54, 1.807) is 0 Å². The number of hydrogen-bond donors (Lipinski definition) is 1. The van der Waals surface area contributed by atoms with E-state index in [1.807, 2.05) is 48.7 Å². The van der Waals surface area contributed by atoms with Gasteiger partial charge in [-0.2, -0.15) is 0 Å². The number of hydrogen-bond acceptors (Lipinski definition) is 2. The van der Waals surface area contributed by atoms with Crippen LogP contribution in [0.3, 0.4) is 0 Å². The monoisotopic (exact) mass is 340 g/mol. The second kappa shape index (κ2) is 6.89. The molecule has 3 nitrogen and oxygen atoms in total. The minimum absolute atomic E-state index is 0.0117. The van der Waals surface area contributed by atoms with E-state index < -0.39 is 0 Å². The maximum Gasteiger partial charge on any atom is 0.323 e. The summed E-state index contributed by atoms with van der Waals surface area (Å²) in [5.74, 6) is 0.970. The van der Waals surface area contributed by atoms with Gasteiger partial charge in [0.05, 0.1) is 0 Å². The Hall–Kier alpha value is -1.94. The molecule has 0 saturated carbocycles. The standard InChI is InChI=1S/C20H24N2OS/c1-13-8-9-17(16(4)12-13)19-22(10-11-24-19)20(23)21-18-14(2)6-5-7-15(18)3/h5-9,12,19H,10-11H2,1-4H3,(H,21,23). The topological polar surface area (TPSA) is 32.3 Å². The first-order valence-corrected chi connectivity index (χ1v) is 9.35. The lowest BCUT2D eigenvalue weighted by molar-refractivity contribution is 0.214. The number of rotatable bonds is 2. The maximum atomic E-state index is 12.9. The van der Waals surface area contributed by atoms with Crippen LogP contribution in [0.1, 0.15) is 33.2 Å². The summed E-state index contributed by atoms with van der Waals surface area (Å²) in [6, 6.07) is 12.5. The molecule has 2 aromatic rings. The Balaban J connectivity index is 1.84. The molecule has 24 heavy (non-hydrogen) atoms. The summed E-state index contributed by atoms with van der Waals surface area (Å²) >= 11 is 1.84. The van der Waals surface area contributed by atoms with Gasteiger partial charge in [0.2, 0.25) is 0 Å². The van der Waals surface area contributed by atoms with E-state index in [9.17, 15) is 4.79 Å². The van der Waals surface area contributed by atoms with Gasteiger partial charge >= 0.3 is 6.03 Å². The van der Waals surface area contributed by atoms with Crippen molar-refractivity contribution in [3.8, 4) is 0 Å². The highest BCUT2D eigenvalue weighted by atomic mass is 32.2. The summed E-state index contributed by atoms with van der Waals surface area (Å²) < 4.78 is 0. The molecule has 4 heteroatoms. The summed E-state index contributed by atoms with van der Waals surface area (Å²) in [5, 5.41) is 3.22. The summed E-state index contributed by atoms with van der Waals surface area (Å²) in [6.07, 6.45) is 0. The van der Waals surface area contributed by atoms with E-state index in [0.29, 0.717) is 0 Å². The van der Waals surface area contributed by atoms with E-state index in [0.717, 1.165) is 29.1 Å². The molecule has 3 rings (SSSR count). The van der Waals surface area contributed by atoms with Crippen LogP contribution in [0.15, 0.2) is 36.4 Å². The van der Waals surface area contributed by atoms with Crippen molar-refractivity contribution in [2.45, 2.75) is 33.1 Å². The third kappa shape index (κ3) is 3.29. The molecule has 0 bridgehead atoms. The Morgan fingerprint density at radius 2 is 1.79 bits per heavy atom. The largest absolute Gasteiger partial charge is 0.323 e. The first-order valence-electron chi connectivity index (χ1n) is 8.30. The molecule has 1 heterocycles. The Labute approximate surface area is 148 Å². The van der Waals surface area contributed by atoms with E-state index in [4.69, 9.17) is 0 Å². The third-order valence-electron chi connectivity index (χ3n) is 4.56. The molecule has 1 aliphatic heterocycles. The van der Waals surface area contributed by atoms with Crippen molar-refractivity contribution in [3.05, 3.63) is 64.2 Å². The van der Waals surface area contributed by atoms with E-state index in [1.165, 1.54) is 16.7 Å². The molecule has 0 radical (unpaired) electrons. The second-order valence-electron chi connectivity index (χ2n) is 6.47. The van der Waals surface area contributed by atoms with Crippen molar-refractivity contribution >= 4 is 23.5 Å². The number of aryl methyl sites for hydroxylation is 4. The molecular weight excluding hydrogens is 316 g/mol. The van der Waals surface area contributed by atoms with Crippen molar-refractivity contribution in [1.29, 1.82) is 0 Å². The van der Waals surface area contributed by atoms with Crippen LogP contribution in [0.4, 0.5) is 10.5 Å². The molecule has 1 fully saturated rings. The smallest absolute Gasteiger partial charge is 0.308 e. The maximum absolute atomic E-state index is 12.9. The number of amides is 2. The molecule has 1 saturated heterocycles. The first kappa shape index (κ1) is 16.9. The average molecular weight is 340 g/mol. The van der Waals surface area contributed by atoms with Gasteiger partial charge < -0.3 is 10.2 Å². The van der Waals surface area contributed by atoms with Gasteiger partial charge in [0, 0.05) is 18.0 Å². The summed E-state index contributed by atoms with van der Waals surface area (Å²) in [7, 11) is 0. The molecule has 1 unspecified atom stereocenters. The second-order valence-corrected chi connectivity index (χ2v) is 7.66. The zero-order valence-corrected chi connectivity index (χ0v) is 15.5. The van der Waals surface area contributed by atoms with Gasteiger partial charge in [-0.15, -0.1) is 11.8 Å². The number of para-hydroxylation sites is 1. The fourth-order valence-electron chi connectivity index (χ4n) is 3.23. The van der Waals surface area contributed by atoms with Crippen LogP contribution in [0.2, 0.25) is 0 Å². The van der Waals surface area contributed by atoms with Gasteiger partial charge in [0.1, 0.15) is 5.37 Å². The number of benzene rings is 2. The highest BCUT2D eigenvalue weighted by Gasteiger charge is 2.31. The number of nitrogens with zero attached hydrogens (tertiary/aromatic N) is 1. The Bertz CT molecular complexity index is 752. The highest BCUT2D eigenvalue weighted by Crippen LogP contribution is 2.40. The van der Waals surface area contributed by atoms with Crippen molar-refractivity contribution in [2.75, 3.05) is 17.6 Å². The van der Waals surface area contributed by atoms with Crippen LogP contribution in [0.5, 0.6) is 0 Å². The number of nitrogens with one attached hydrogen (secondary N) is 1. The lowest BCUT2D eigenvalue weighted by Gasteiger charge is -2.26. The van der Waals surface area contributed by atoms with Gasteiger partial charge in [-0.25, -0.2) is 4.79 Å². The van der Waals surface area contributed by atoms with Crippen molar-refractivity contribution in [1.82, 2.24) is 4.90 Å². The van der Waals surface area contributed by atoms with Gasteiger partial charge in [0.15, 0.2) is 0 Å². The highest BCUT2D eigenvalue weighted by molar-refractivity contribution is 7.99. The number of thioether (sulfide) groups is 1. The van der Waals surface area contributed by atoms with Crippen LogP contribution in [0.25, 0.3) is 0 Å². The first-order chi connectivity index (χ1) is 11.5. The number of anilines is 1. The van der Waals surface area contributed by atoms with E-state index >= 15 is 0 Å². The van der Waals surface area contributed by atoms with Crippen LogP contribution in [0, 0.1) is 27.7 Å². The predicted molar refractivity (Wildman–Crippen MR) is 103 cm³/mol. The number of urea groups is 1. The SMILES string of the molecule is Cc1ccc(C2SCCN2C(=O)Nc2c(C)cccc2C)c(C)c1. The Kier molecular flexibility index (Phi) is 4.86. The summed E-state index contributed by atoms with van der Waals surface area (Å²) in [6.45, 7) is 9.07. The minimum Gasteiger partial charge on any atom is -0.308 e. The van der Waals surface area contributed by atoms with Crippen molar-refractivity contribution < 1.29 is 4.79 Å². The molecule has 1 aliphatic rings. The van der Waals surface area contributed by atoms with Crippen LogP contribution >= 0.6 is 11.8 Å². The molecule has 1 N–H and O–H groups in total. The molecular formula is C20H24N2OS. The minimum atomic E-state index is -0.0117. The summed E-state index contributed by atoms with van der Waals surface area (Å²) in [4.78, 5) is 14.8. The van der Waals surface area contributed by atoms with Gasteiger partial charge in [-0.05, 0) is 49.9 Å². The molecule has 0 spiro atoms. The van der Waals surface area contributed by atoms with Crippen LogP contribution in [-0.2, 0) is 0 Å². The molecule has 126 valence electrons. The Morgan fingerprint density at radius 3 is 2.46 bits per heavy atom. The zero-order chi connectivity index (χ0) is 17.3. The lowest BCUT2D eigenvalue weighted by Crippen LogP contribution is -2.35. The molecule has 2 aromatic carbocycles. The average Bonchev–Trinajstić information content (AvgIpc) is 3.00. The van der Waals surface area contributed by atoms with Crippen LogP contribution < -0.4 is 5.32 Å². The third-order valence-corrected chi connectivity index (χ3v) is 5.80. The lowest BCUT2D eigenvalue weighted by atomic mass is 10.1. The number of carbonyl (C=O) groups excluding carboxylic acids is 1. The van der Waals surface area contributed by atoms with E-state index in [2.05, 4.69) is 37.4 Å². The van der Waals surface area contributed by atoms with Gasteiger partial charge in [0.25, 0.3) is 0 Å². The molecule has 0 aromatic heterocycles. The molecule has 0 aliphatic carbocycles. The normalized spacial score (nSPS) is 17.2. The fraction of sp³-hybridized carbons (Fsp3) is 0.350. The summed E-state index contributed by atoms with van der Waals surface area (Å²) in [5.41, 5.74) is 6.86. The fourth-order valence-corrected chi connectivity index (χ4v) is 4.58. The zero-order valence-electron chi connectivity index (χ0n) is 14.7. The predicted octanol–water partition coefficient (Wildman–Crippen LogP) is 5.20. The Morgan fingerprint density at radius 1 is 1.08 bits per heavy atom. The van der Waals surface area contributed by atoms with Crippen LogP contribution in [-0.4, -0.2) is 23.2 Å². The molecule has 2 amide bonds. The van der Waals surface area contributed by atoms with E-state index in [-0.39, 0.29) is 11.4 Å².